The van der Waals surface area contributed by atoms with E-state index in [0.717, 1.165) is 5.69 Å². The third kappa shape index (κ3) is 6.42. The van der Waals surface area contributed by atoms with Gasteiger partial charge in [0.2, 0.25) is 0 Å². The fourth-order valence-corrected chi connectivity index (χ4v) is 12.7. The van der Waals surface area contributed by atoms with Crippen molar-refractivity contribution in [1.82, 2.24) is 4.57 Å². The van der Waals surface area contributed by atoms with Crippen LogP contribution in [0.25, 0.3) is 49.7 Å². The molecule has 3 heterocycles. The Morgan fingerprint density at radius 2 is 1.04 bits per heavy atom. The number of aromatic nitrogens is 1. The lowest BCUT2D eigenvalue weighted by atomic mass is 9.33. The Kier molecular flexibility index (Phi) is 9.32. The molecule has 1 aromatic heterocycles. The van der Waals surface area contributed by atoms with Crippen molar-refractivity contribution in [3.05, 3.63) is 215 Å². The monoisotopic (exact) mass is 917 g/mol. The van der Waals surface area contributed by atoms with Crippen LogP contribution in [0.4, 0.5) is 34.1 Å². The summed E-state index contributed by atoms with van der Waals surface area (Å²) >= 11 is 0. The standard InChI is InChI=1S/C67H60BN3/c1-41-33-44(43-21-13-11-14-22-43)34-42(2)64(41)71-58-32-29-45(65(3,4)5)35-55(58)68-56-39-52-51-26-18-20-28-57(51)69(47-23-15-12-16-24-47)59(52)40-60(56)70(61-36-46(66(6,7)8)37-62(71)63(61)68)48-30-31-50-49-25-17-19-27-53(49)67(9,10)54(50)38-48/h11-40H,1-10H3. The van der Waals surface area contributed by atoms with Crippen LogP contribution in [0.15, 0.2) is 182 Å². The molecule has 0 radical (unpaired) electrons. The maximum atomic E-state index is 2.65. The molecule has 3 aliphatic rings. The maximum Gasteiger partial charge on any atom is 0.252 e. The molecule has 0 unspecified atom stereocenters. The molecule has 0 spiro atoms. The summed E-state index contributed by atoms with van der Waals surface area (Å²) in [6.45, 7) is 23.6. The summed E-state index contributed by atoms with van der Waals surface area (Å²) < 4.78 is 2.48. The zero-order chi connectivity index (χ0) is 48.9. The second kappa shape index (κ2) is 15.2. The van der Waals surface area contributed by atoms with Crippen LogP contribution >= 0.6 is 0 Å². The number of para-hydroxylation sites is 2. The van der Waals surface area contributed by atoms with E-state index in [1.807, 2.05) is 0 Å². The van der Waals surface area contributed by atoms with Gasteiger partial charge in [0, 0.05) is 50.3 Å². The molecule has 13 rings (SSSR count). The average Bonchev–Trinajstić information content (AvgIpc) is 3.80. The van der Waals surface area contributed by atoms with E-state index >= 15 is 0 Å². The Morgan fingerprint density at radius 1 is 0.423 bits per heavy atom. The van der Waals surface area contributed by atoms with Crippen molar-refractivity contribution in [2.45, 2.75) is 85.5 Å². The number of hydrogen-bond acceptors (Lipinski definition) is 2. The van der Waals surface area contributed by atoms with Gasteiger partial charge < -0.3 is 14.4 Å². The summed E-state index contributed by atoms with van der Waals surface area (Å²) in [5.41, 5.74) is 27.7. The molecule has 0 atom stereocenters. The zero-order valence-electron chi connectivity index (χ0n) is 42.7. The Balaban J connectivity index is 1.17. The predicted molar refractivity (Wildman–Crippen MR) is 305 cm³/mol. The van der Waals surface area contributed by atoms with Crippen LogP contribution in [0.1, 0.15) is 88.8 Å². The SMILES string of the molecule is Cc1cc(-c2ccccc2)cc(C)c1N1c2ccc(C(C)(C)C)cc2B2c3cc4c5ccccc5n(-c5ccccc5)c4cc3N(c3ccc4c(c3)C(C)(C)c3ccccc3-4)c3cc(C(C)(C)C)cc1c32. The first-order valence-corrected chi connectivity index (χ1v) is 25.5. The Morgan fingerprint density at radius 3 is 1.76 bits per heavy atom. The van der Waals surface area contributed by atoms with Crippen LogP contribution in [0.2, 0.25) is 0 Å². The minimum absolute atomic E-state index is 0.0450. The van der Waals surface area contributed by atoms with Gasteiger partial charge in [-0.2, -0.15) is 0 Å². The van der Waals surface area contributed by atoms with E-state index in [2.05, 4.69) is 266 Å². The van der Waals surface area contributed by atoms with Crippen molar-refractivity contribution in [3.8, 4) is 27.9 Å². The Bertz CT molecular complexity index is 3820. The number of anilines is 6. The number of rotatable bonds is 4. The van der Waals surface area contributed by atoms with Crippen LogP contribution in [0.5, 0.6) is 0 Å². The summed E-state index contributed by atoms with van der Waals surface area (Å²) in [6.07, 6.45) is 0. The largest absolute Gasteiger partial charge is 0.311 e. The smallest absolute Gasteiger partial charge is 0.252 e. The second-order valence-corrected chi connectivity index (χ2v) is 23.1. The van der Waals surface area contributed by atoms with E-state index in [9.17, 15) is 0 Å². The van der Waals surface area contributed by atoms with Crippen molar-refractivity contribution >= 4 is 79.0 Å². The highest BCUT2D eigenvalue weighted by Gasteiger charge is 2.46. The summed E-state index contributed by atoms with van der Waals surface area (Å²) in [5.74, 6) is 0. The molecule has 0 amide bonds. The Hall–Kier alpha value is -7.56. The molecular weight excluding hydrogens is 858 g/mol. The molecular formula is C67H60BN3. The first-order valence-electron chi connectivity index (χ1n) is 25.5. The quantitative estimate of drug-likeness (QED) is 0.163. The topological polar surface area (TPSA) is 11.4 Å². The normalized spacial score (nSPS) is 14.4. The molecule has 2 aliphatic heterocycles. The van der Waals surface area contributed by atoms with E-state index < -0.39 is 0 Å². The van der Waals surface area contributed by atoms with Crippen LogP contribution in [-0.2, 0) is 16.2 Å². The summed E-state index contributed by atoms with van der Waals surface area (Å²) in [5, 5.41) is 2.53. The van der Waals surface area contributed by atoms with Gasteiger partial charge in [-0.3, -0.25) is 0 Å². The van der Waals surface area contributed by atoms with Crippen molar-refractivity contribution in [1.29, 1.82) is 0 Å². The second-order valence-electron chi connectivity index (χ2n) is 23.1. The first kappa shape index (κ1) is 43.5. The molecule has 4 heteroatoms. The zero-order valence-corrected chi connectivity index (χ0v) is 42.7. The molecule has 0 saturated carbocycles. The highest BCUT2D eigenvalue weighted by molar-refractivity contribution is 7.00. The maximum absolute atomic E-state index is 2.65. The molecule has 0 bridgehead atoms. The molecule has 346 valence electrons. The highest BCUT2D eigenvalue weighted by Crippen LogP contribution is 2.53. The van der Waals surface area contributed by atoms with Gasteiger partial charge in [-0.15, -0.1) is 0 Å². The lowest BCUT2D eigenvalue weighted by molar-refractivity contribution is 0.590. The minimum atomic E-state index is -0.167. The van der Waals surface area contributed by atoms with Gasteiger partial charge >= 0.3 is 0 Å². The van der Waals surface area contributed by atoms with E-state index in [4.69, 9.17) is 0 Å². The van der Waals surface area contributed by atoms with Crippen LogP contribution in [-0.4, -0.2) is 11.3 Å². The van der Waals surface area contributed by atoms with E-state index in [1.165, 1.54) is 128 Å². The molecule has 3 nitrogen and oxygen atoms in total. The van der Waals surface area contributed by atoms with Crippen LogP contribution < -0.4 is 26.2 Å². The van der Waals surface area contributed by atoms with Crippen molar-refractivity contribution in [2.75, 3.05) is 9.80 Å². The summed E-state index contributed by atoms with van der Waals surface area (Å²) in [7, 11) is 0. The predicted octanol–water partition coefficient (Wildman–Crippen LogP) is 16.1. The fourth-order valence-electron chi connectivity index (χ4n) is 12.7. The first-order chi connectivity index (χ1) is 34.1. The van der Waals surface area contributed by atoms with E-state index in [1.54, 1.807) is 0 Å². The van der Waals surface area contributed by atoms with Crippen LogP contribution in [0.3, 0.4) is 0 Å². The van der Waals surface area contributed by atoms with E-state index in [0.29, 0.717) is 0 Å². The summed E-state index contributed by atoms with van der Waals surface area (Å²) in [6, 6.07) is 69.5. The molecule has 10 aromatic rings. The molecule has 0 fully saturated rings. The number of aryl methyl sites for hydroxylation is 2. The van der Waals surface area contributed by atoms with Gasteiger partial charge in [0.1, 0.15) is 0 Å². The number of nitrogens with zero attached hydrogens (tertiary/aromatic N) is 3. The molecule has 0 N–H and O–H groups in total. The number of fused-ring (bicyclic) bond motifs is 10. The van der Waals surface area contributed by atoms with Gasteiger partial charge in [-0.05, 0) is 163 Å². The van der Waals surface area contributed by atoms with Crippen molar-refractivity contribution < 1.29 is 0 Å². The Labute approximate surface area is 420 Å². The third-order valence-corrected chi connectivity index (χ3v) is 16.3. The van der Waals surface area contributed by atoms with Gasteiger partial charge in [0.05, 0.1) is 16.7 Å². The van der Waals surface area contributed by atoms with E-state index in [-0.39, 0.29) is 23.0 Å². The average molecular weight is 918 g/mol. The molecule has 1 aliphatic carbocycles. The third-order valence-electron chi connectivity index (χ3n) is 16.3. The van der Waals surface area contributed by atoms with Gasteiger partial charge in [-0.25, -0.2) is 0 Å². The fraction of sp³-hybridized carbons (Fsp3) is 0.194. The molecule has 71 heavy (non-hydrogen) atoms. The lowest BCUT2D eigenvalue weighted by Gasteiger charge is -2.46. The summed E-state index contributed by atoms with van der Waals surface area (Å²) in [4.78, 5) is 5.30. The van der Waals surface area contributed by atoms with Crippen molar-refractivity contribution in [2.24, 2.45) is 0 Å². The van der Waals surface area contributed by atoms with Crippen molar-refractivity contribution in [3.63, 3.8) is 0 Å². The highest BCUT2D eigenvalue weighted by atomic mass is 15.2. The molecule has 9 aromatic carbocycles. The van der Waals surface area contributed by atoms with Gasteiger partial charge in [0.25, 0.3) is 6.71 Å². The number of benzene rings is 9. The van der Waals surface area contributed by atoms with Crippen LogP contribution in [0, 0.1) is 13.8 Å². The minimum Gasteiger partial charge on any atom is -0.311 e. The molecule has 0 saturated heterocycles. The lowest BCUT2D eigenvalue weighted by Crippen LogP contribution is -2.61. The van der Waals surface area contributed by atoms with Gasteiger partial charge in [-0.1, -0.05) is 171 Å². The number of hydrogen-bond donors (Lipinski definition) is 0. The van der Waals surface area contributed by atoms with Gasteiger partial charge in [0.15, 0.2) is 0 Å².